The molecule has 0 saturated carbocycles. The zero-order chi connectivity index (χ0) is 23.2. The molecule has 2 heterocycles. The highest BCUT2D eigenvalue weighted by Crippen LogP contribution is 2.22. The first-order valence-electron chi connectivity index (χ1n) is 10.8. The molecule has 0 amide bonds. The highest BCUT2D eigenvalue weighted by atomic mass is 16.4. The molecule has 0 spiro atoms. The first-order chi connectivity index (χ1) is 16.0. The normalized spacial score (nSPS) is 10.8. The Hall–Kier alpha value is -4.13. The van der Waals surface area contributed by atoms with E-state index >= 15 is 0 Å². The van der Waals surface area contributed by atoms with Gasteiger partial charge in [0.05, 0.1) is 17.8 Å². The molecule has 0 atom stereocenters. The molecule has 0 unspecified atom stereocenters. The molecule has 0 bridgehead atoms. The first-order valence-corrected chi connectivity index (χ1v) is 10.8. The maximum Gasteiger partial charge on any atom is 0.336 e. The Bertz CT molecular complexity index is 1260. The van der Waals surface area contributed by atoms with E-state index in [1.54, 1.807) is 41.2 Å². The molecule has 0 aliphatic rings. The number of pyridine rings is 1. The van der Waals surface area contributed by atoms with Crippen molar-refractivity contribution < 1.29 is 14.7 Å². The van der Waals surface area contributed by atoms with Crippen molar-refractivity contribution in [3.63, 3.8) is 0 Å². The van der Waals surface area contributed by atoms with Crippen molar-refractivity contribution in [1.29, 1.82) is 0 Å². The van der Waals surface area contributed by atoms with Crippen molar-refractivity contribution >= 4 is 11.8 Å². The van der Waals surface area contributed by atoms with Crippen molar-refractivity contribution in [2.75, 3.05) is 0 Å². The van der Waals surface area contributed by atoms with Crippen molar-refractivity contribution in [2.45, 2.75) is 32.7 Å². The summed E-state index contributed by atoms with van der Waals surface area (Å²) in [7, 11) is 0. The van der Waals surface area contributed by atoms with Crippen LogP contribution < -0.4 is 0 Å². The molecule has 1 N–H and O–H groups in total. The van der Waals surface area contributed by atoms with E-state index < -0.39 is 5.97 Å². The van der Waals surface area contributed by atoms with Crippen molar-refractivity contribution in [3.8, 4) is 11.3 Å². The van der Waals surface area contributed by atoms with Gasteiger partial charge in [-0.05, 0) is 29.7 Å². The zero-order valence-electron chi connectivity index (χ0n) is 18.3. The van der Waals surface area contributed by atoms with Crippen LogP contribution in [0.4, 0.5) is 0 Å². The number of aromatic nitrogens is 4. The molecule has 0 aliphatic carbocycles. The number of carbonyl (C=O) groups is 2. The van der Waals surface area contributed by atoms with Gasteiger partial charge in [-0.2, -0.15) is 0 Å². The van der Waals surface area contributed by atoms with Crippen molar-refractivity contribution in [1.82, 2.24) is 19.7 Å². The van der Waals surface area contributed by atoms with Crippen LogP contribution in [-0.2, 0) is 19.4 Å². The predicted molar refractivity (Wildman–Crippen MR) is 124 cm³/mol. The van der Waals surface area contributed by atoms with Crippen LogP contribution in [0.15, 0.2) is 72.9 Å². The molecule has 7 nitrogen and oxygen atoms in total. The van der Waals surface area contributed by atoms with Crippen molar-refractivity contribution in [3.05, 3.63) is 101 Å². The van der Waals surface area contributed by atoms with Crippen LogP contribution in [0.2, 0.25) is 0 Å². The lowest BCUT2D eigenvalue weighted by atomic mass is 10.0. The van der Waals surface area contributed by atoms with Crippen LogP contribution in [0, 0.1) is 0 Å². The maximum atomic E-state index is 12.7. The summed E-state index contributed by atoms with van der Waals surface area (Å²) in [6.45, 7) is 2.48. The fraction of sp³-hybridized carbons (Fsp3) is 0.192. The second kappa shape index (κ2) is 9.99. The Morgan fingerprint density at radius 2 is 1.70 bits per heavy atom. The zero-order valence-corrected chi connectivity index (χ0v) is 18.3. The quantitative estimate of drug-likeness (QED) is 0.386. The number of hydrogen-bond donors (Lipinski definition) is 1. The number of ketones is 1. The average Bonchev–Trinajstić information content (AvgIpc) is 3.23. The average molecular weight is 441 g/mol. The van der Waals surface area contributed by atoms with Gasteiger partial charge in [0.25, 0.3) is 0 Å². The maximum absolute atomic E-state index is 12.7. The largest absolute Gasteiger partial charge is 0.478 e. The molecule has 2 aromatic carbocycles. The van der Waals surface area contributed by atoms with Crippen LogP contribution >= 0.6 is 0 Å². The second-order valence-electron chi connectivity index (χ2n) is 7.75. The topological polar surface area (TPSA) is 98.0 Å². The van der Waals surface area contributed by atoms with Gasteiger partial charge in [-0.25, -0.2) is 14.5 Å². The summed E-state index contributed by atoms with van der Waals surface area (Å²) >= 11 is 0. The van der Waals surface area contributed by atoms with E-state index in [2.05, 4.69) is 22.0 Å². The van der Waals surface area contributed by atoms with Crippen molar-refractivity contribution in [2.24, 2.45) is 0 Å². The Kier molecular flexibility index (Phi) is 6.69. The first kappa shape index (κ1) is 22.1. The number of Topliss-reactive ketones (excluding diaryl/α,β-unsaturated/α-hetero) is 1. The third-order valence-corrected chi connectivity index (χ3v) is 5.27. The van der Waals surface area contributed by atoms with E-state index in [4.69, 9.17) is 0 Å². The molecule has 0 aliphatic heterocycles. The molecule has 0 fully saturated rings. The third-order valence-electron chi connectivity index (χ3n) is 5.27. The van der Waals surface area contributed by atoms with E-state index in [9.17, 15) is 14.7 Å². The number of carbonyl (C=O) groups excluding carboxylic acids is 1. The number of aryl methyl sites for hydroxylation is 1. The molecular weight excluding hydrogens is 416 g/mol. The molecule has 166 valence electrons. The van der Waals surface area contributed by atoms with Crippen LogP contribution in [0.1, 0.15) is 51.3 Å². The van der Waals surface area contributed by atoms with E-state index in [-0.39, 0.29) is 23.6 Å². The molecule has 4 rings (SSSR count). The minimum absolute atomic E-state index is 0.115. The molecule has 0 radical (unpaired) electrons. The molecule has 0 saturated heterocycles. The number of benzene rings is 2. The van der Waals surface area contributed by atoms with Gasteiger partial charge < -0.3 is 5.11 Å². The predicted octanol–water partition coefficient (Wildman–Crippen LogP) is 4.46. The van der Waals surface area contributed by atoms with E-state index in [0.717, 1.165) is 23.4 Å². The van der Waals surface area contributed by atoms with Gasteiger partial charge in [0, 0.05) is 24.6 Å². The highest BCUT2D eigenvalue weighted by molar-refractivity contribution is 5.95. The minimum atomic E-state index is -0.990. The number of nitrogens with zero attached hydrogens (tertiary/aromatic N) is 4. The van der Waals surface area contributed by atoms with E-state index in [1.807, 2.05) is 36.4 Å². The molecule has 4 aromatic rings. The summed E-state index contributed by atoms with van der Waals surface area (Å²) in [6, 6.07) is 20.0. The highest BCUT2D eigenvalue weighted by Gasteiger charge is 2.17. The van der Waals surface area contributed by atoms with Gasteiger partial charge in [0.2, 0.25) is 11.6 Å². The lowest BCUT2D eigenvalue weighted by Crippen LogP contribution is -2.09. The van der Waals surface area contributed by atoms with Gasteiger partial charge in [0.1, 0.15) is 5.82 Å². The lowest BCUT2D eigenvalue weighted by Gasteiger charge is -2.08. The van der Waals surface area contributed by atoms with Crippen LogP contribution in [0.3, 0.4) is 0 Å². The number of carboxylic acids is 1. The summed E-state index contributed by atoms with van der Waals surface area (Å²) in [4.78, 5) is 33.2. The summed E-state index contributed by atoms with van der Waals surface area (Å²) in [6.07, 6.45) is 3.56. The summed E-state index contributed by atoms with van der Waals surface area (Å²) in [5, 5.41) is 13.9. The smallest absolute Gasteiger partial charge is 0.336 e. The van der Waals surface area contributed by atoms with Gasteiger partial charge in [-0.3, -0.25) is 9.78 Å². The molecule has 2 aromatic heterocycles. The van der Waals surface area contributed by atoms with Crippen LogP contribution in [-0.4, -0.2) is 36.6 Å². The standard InChI is InChI=1S/C26H24N4O3/c1-2-8-24-28-25(23(31)15-18-9-4-3-5-10-18)29-30(24)17-19-13-14-22(27-16-19)20-11-6-7-12-21(20)26(32)33/h3-7,9-14,16H,2,8,15,17H2,1H3,(H,32,33). The van der Waals surface area contributed by atoms with Crippen LogP contribution in [0.25, 0.3) is 11.3 Å². The Balaban J connectivity index is 1.55. The number of rotatable bonds is 9. The number of aromatic carboxylic acids is 1. The van der Waals surface area contributed by atoms with E-state index in [0.29, 0.717) is 24.2 Å². The molecule has 7 heteroatoms. The second-order valence-corrected chi connectivity index (χ2v) is 7.75. The summed E-state index contributed by atoms with van der Waals surface area (Å²) in [5.74, 6) is -0.122. The lowest BCUT2D eigenvalue weighted by molar-refractivity contribution is 0.0697. The van der Waals surface area contributed by atoms with E-state index in [1.165, 1.54) is 0 Å². The third kappa shape index (κ3) is 5.20. The minimum Gasteiger partial charge on any atom is -0.478 e. The molecule has 33 heavy (non-hydrogen) atoms. The Morgan fingerprint density at radius 1 is 0.939 bits per heavy atom. The fourth-order valence-electron chi connectivity index (χ4n) is 3.63. The Labute approximate surface area is 191 Å². The number of carboxylic acid groups (broad SMARTS) is 1. The SMILES string of the molecule is CCCc1nc(C(=O)Cc2ccccc2)nn1Cc1ccc(-c2ccccc2C(=O)O)nc1. The van der Waals surface area contributed by atoms with Gasteiger partial charge in [0.15, 0.2) is 0 Å². The van der Waals surface area contributed by atoms with Gasteiger partial charge in [-0.1, -0.05) is 61.5 Å². The summed E-state index contributed by atoms with van der Waals surface area (Å²) < 4.78 is 1.75. The summed E-state index contributed by atoms with van der Waals surface area (Å²) in [5.41, 5.74) is 3.18. The monoisotopic (exact) mass is 440 g/mol. The van der Waals surface area contributed by atoms with Gasteiger partial charge >= 0.3 is 5.97 Å². The Morgan fingerprint density at radius 3 is 2.39 bits per heavy atom. The fourth-order valence-corrected chi connectivity index (χ4v) is 3.63. The number of hydrogen-bond acceptors (Lipinski definition) is 5. The van der Waals surface area contributed by atoms with Gasteiger partial charge in [-0.15, -0.1) is 5.10 Å². The molecular formula is C26H24N4O3. The van der Waals surface area contributed by atoms with Crippen LogP contribution in [0.5, 0.6) is 0 Å².